The lowest BCUT2D eigenvalue weighted by molar-refractivity contribution is 0.626. The quantitative estimate of drug-likeness (QED) is 0.529. The average molecular weight is 367 g/mol. The predicted molar refractivity (Wildman–Crippen MR) is 103 cm³/mol. The van der Waals surface area contributed by atoms with E-state index in [0.717, 1.165) is 32.9 Å². The number of hydrogen-bond donors (Lipinski definition) is 2. The van der Waals surface area contributed by atoms with Crippen molar-refractivity contribution in [1.82, 2.24) is 20.2 Å². The number of nitrogens with one attached hydrogen (secondary N) is 2. The molecule has 0 saturated carbocycles. The fraction of sp³-hybridized carbons (Fsp3) is 0.211. The molecule has 0 bridgehead atoms. The zero-order valence-corrected chi connectivity index (χ0v) is 15.5. The topological polar surface area (TPSA) is 66.5 Å². The first-order chi connectivity index (χ1) is 12.5. The average Bonchev–Trinajstić information content (AvgIpc) is 3.21. The molecule has 3 heterocycles. The lowest BCUT2D eigenvalue weighted by Crippen LogP contribution is -2.06. The third-order valence-corrected chi connectivity index (χ3v) is 5.33. The molecule has 0 spiro atoms. The van der Waals surface area contributed by atoms with E-state index in [1.54, 1.807) is 23.5 Å². The molecule has 4 aromatic rings. The van der Waals surface area contributed by atoms with Gasteiger partial charge >= 0.3 is 0 Å². The molecule has 4 rings (SSSR count). The highest BCUT2D eigenvalue weighted by Crippen LogP contribution is 2.33. The number of aryl methyl sites for hydroxylation is 2. The molecule has 5 nitrogen and oxygen atoms in total. The zero-order valence-electron chi connectivity index (χ0n) is 14.7. The van der Waals surface area contributed by atoms with E-state index < -0.39 is 0 Å². The molecule has 132 valence electrons. The second kappa shape index (κ2) is 6.49. The lowest BCUT2D eigenvalue weighted by Gasteiger charge is -2.13. The van der Waals surface area contributed by atoms with Crippen molar-refractivity contribution in [3.8, 4) is 0 Å². The molecule has 0 radical (unpaired) electrons. The van der Waals surface area contributed by atoms with E-state index in [4.69, 9.17) is 9.97 Å². The van der Waals surface area contributed by atoms with Gasteiger partial charge in [0.1, 0.15) is 22.3 Å². The third kappa shape index (κ3) is 3.06. The van der Waals surface area contributed by atoms with Crippen molar-refractivity contribution in [3.63, 3.8) is 0 Å². The summed E-state index contributed by atoms with van der Waals surface area (Å²) in [5, 5.41) is 13.5. The summed E-state index contributed by atoms with van der Waals surface area (Å²) in [6.07, 6.45) is 0. The minimum Gasteiger partial charge on any atom is -0.323 e. The van der Waals surface area contributed by atoms with E-state index in [2.05, 4.69) is 20.9 Å². The van der Waals surface area contributed by atoms with Gasteiger partial charge in [0.25, 0.3) is 0 Å². The first kappa shape index (κ1) is 16.7. The number of hydrogen-bond acceptors (Lipinski definition) is 5. The molecule has 1 atom stereocenters. The van der Waals surface area contributed by atoms with Gasteiger partial charge in [-0.15, -0.1) is 11.3 Å². The molecule has 3 aromatic heterocycles. The SMILES string of the molecule is Cc1cc(Nc2nc(C(C)c3ccc(F)cc3)nc3scc(C)c23)n[nH]1. The number of H-pyrrole nitrogens is 1. The van der Waals surface area contributed by atoms with Crippen LogP contribution < -0.4 is 5.32 Å². The zero-order chi connectivity index (χ0) is 18.3. The van der Waals surface area contributed by atoms with Crippen LogP contribution in [0, 0.1) is 19.7 Å². The van der Waals surface area contributed by atoms with Crippen molar-refractivity contribution >= 4 is 33.2 Å². The first-order valence-corrected chi connectivity index (χ1v) is 9.19. The minimum atomic E-state index is -0.248. The van der Waals surface area contributed by atoms with Gasteiger partial charge < -0.3 is 5.32 Å². The molecular weight excluding hydrogens is 349 g/mol. The Morgan fingerprint density at radius 3 is 2.62 bits per heavy atom. The van der Waals surface area contributed by atoms with Crippen LogP contribution in [0.5, 0.6) is 0 Å². The highest BCUT2D eigenvalue weighted by atomic mass is 32.1. The molecule has 0 saturated heterocycles. The van der Waals surface area contributed by atoms with Crippen LogP contribution in [0.25, 0.3) is 10.2 Å². The predicted octanol–water partition coefficient (Wildman–Crippen LogP) is 5.07. The molecule has 0 aliphatic carbocycles. The maximum absolute atomic E-state index is 13.2. The van der Waals surface area contributed by atoms with Crippen LogP contribution in [0.15, 0.2) is 35.7 Å². The smallest absolute Gasteiger partial charge is 0.153 e. The van der Waals surface area contributed by atoms with Gasteiger partial charge in [0.15, 0.2) is 5.82 Å². The Balaban J connectivity index is 1.79. The molecule has 26 heavy (non-hydrogen) atoms. The lowest BCUT2D eigenvalue weighted by atomic mass is 10.0. The van der Waals surface area contributed by atoms with Crippen LogP contribution in [0.2, 0.25) is 0 Å². The van der Waals surface area contributed by atoms with Gasteiger partial charge in [0.2, 0.25) is 0 Å². The number of thiophene rings is 1. The van der Waals surface area contributed by atoms with Gasteiger partial charge in [-0.2, -0.15) is 5.10 Å². The van der Waals surface area contributed by atoms with Crippen LogP contribution in [0.3, 0.4) is 0 Å². The van der Waals surface area contributed by atoms with Crippen LogP contribution in [-0.4, -0.2) is 20.2 Å². The highest BCUT2D eigenvalue weighted by molar-refractivity contribution is 7.17. The largest absolute Gasteiger partial charge is 0.323 e. The maximum atomic E-state index is 13.2. The minimum absolute atomic E-state index is 0.0520. The van der Waals surface area contributed by atoms with Crippen molar-refractivity contribution in [2.75, 3.05) is 5.32 Å². The standard InChI is InChI=1S/C19H18FN5S/c1-10-9-26-19-16(10)18(21-15-8-11(2)24-25-15)22-17(23-19)12(3)13-4-6-14(20)7-5-13/h4-9,12H,1-3H3,(H2,21,22,23,24,25). The summed E-state index contributed by atoms with van der Waals surface area (Å²) in [4.78, 5) is 10.4. The molecule has 1 aromatic carbocycles. The fourth-order valence-electron chi connectivity index (χ4n) is 2.89. The molecule has 7 heteroatoms. The molecule has 0 aliphatic rings. The summed E-state index contributed by atoms with van der Waals surface area (Å²) in [7, 11) is 0. The Kier molecular flexibility index (Phi) is 4.16. The Morgan fingerprint density at radius 2 is 1.92 bits per heavy atom. The summed E-state index contributed by atoms with van der Waals surface area (Å²) in [5.74, 6) is 1.85. The number of rotatable bonds is 4. The molecule has 1 unspecified atom stereocenters. The molecule has 0 fully saturated rings. The maximum Gasteiger partial charge on any atom is 0.153 e. The van der Waals surface area contributed by atoms with Crippen molar-refractivity contribution in [1.29, 1.82) is 0 Å². The number of fused-ring (bicyclic) bond motifs is 1. The first-order valence-electron chi connectivity index (χ1n) is 8.31. The molecule has 2 N–H and O–H groups in total. The van der Waals surface area contributed by atoms with E-state index in [-0.39, 0.29) is 11.7 Å². The van der Waals surface area contributed by atoms with Gasteiger partial charge in [-0.05, 0) is 42.5 Å². The Bertz CT molecular complexity index is 1070. The molecule has 0 aliphatic heterocycles. The van der Waals surface area contributed by atoms with Crippen molar-refractivity contribution in [3.05, 3.63) is 64.2 Å². The highest BCUT2D eigenvalue weighted by Gasteiger charge is 2.18. The van der Waals surface area contributed by atoms with Crippen LogP contribution >= 0.6 is 11.3 Å². The van der Waals surface area contributed by atoms with E-state index >= 15 is 0 Å². The Hall–Kier alpha value is -2.80. The van der Waals surface area contributed by atoms with E-state index in [1.807, 2.05) is 26.8 Å². The van der Waals surface area contributed by atoms with E-state index in [9.17, 15) is 4.39 Å². The normalized spacial score (nSPS) is 12.5. The van der Waals surface area contributed by atoms with Gasteiger partial charge in [-0.1, -0.05) is 19.1 Å². The Labute approximate surface area is 154 Å². The van der Waals surface area contributed by atoms with E-state index in [0.29, 0.717) is 11.6 Å². The number of nitrogens with zero attached hydrogens (tertiary/aromatic N) is 3. The number of aromatic amines is 1. The summed E-state index contributed by atoms with van der Waals surface area (Å²) in [6.45, 7) is 6.02. The Morgan fingerprint density at radius 1 is 1.15 bits per heavy atom. The molecular formula is C19H18FN5S. The number of halogens is 1. The monoisotopic (exact) mass is 367 g/mol. The van der Waals surface area contributed by atoms with Gasteiger partial charge in [-0.3, -0.25) is 5.10 Å². The van der Waals surface area contributed by atoms with Crippen LogP contribution in [0.1, 0.15) is 35.5 Å². The summed E-state index contributed by atoms with van der Waals surface area (Å²) < 4.78 is 13.2. The van der Waals surface area contributed by atoms with Gasteiger partial charge in [-0.25, -0.2) is 14.4 Å². The third-order valence-electron chi connectivity index (χ3n) is 4.34. The summed E-state index contributed by atoms with van der Waals surface area (Å²) in [5.41, 5.74) is 3.07. The van der Waals surface area contributed by atoms with E-state index in [1.165, 1.54) is 12.1 Å². The second-order valence-electron chi connectivity index (χ2n) is 6.36. The van der Waals surface area contributed by atoms with Crippen molar-refractivity contribution < 1.29 is 4.39 Å². The van der Waals surface area contributed by atoms with Crippen LogP contribution in [-0.2, 0) is 0 Å². The number of aromatic nitrogens is 4. The summed E-state index contributed by atoms with van der Waals surface area (Å²) >= 11 is 1.59. The number of benzene rings is 1. The van der Waals surface area contributed by atoms with Crippen LogP contribution in [0.4, 0.5) is 16.0 Å². The van der Waals surface area contributed by atoms with Gasteiger partial charge in [0, 0.05) is 17.7 Å². The molecule has 0 amide bonds. The summed E-state index contributed by atoms with van der Waals surface area (Å²) in [6, 6.07) is 8.41. The van der Waals surface area contributed by atoms with Crippen molar-refractivity contribution in [2.24, 2.45) is 0 Å². The fourth-order valence-corrected chi connectivity index (χ4v) is 3.82. The van der Waals surface area contributed by atoms with Crippen molar-refractivity contribution in [2.45, 2.75) is 26.7 Å². The van der Waals surface area contributed by atoms with Gasteiger partial charge in [0.05, 0.1) is 5.39 Å². The second-order valence-corrected chi connectivity index (χ2v) is 7.22. The number of anilines is 2.